The molecule has 1 atom stereocenters. The summed E-state index contributed by atoms with van der Waals surface area (Å²) in [5.41, 5.74) is 2.02. The molecule has 2 heterocycles. The number of anilines is 2. The molecule has 0 radical (unpaired) electrons. The summed E-state index contributed by atoms with van der Waals surface area (Å²) in [5, 5.41) is 12.4. The standard InChI is InChI=1S/C19H24N4O2S/c1-12-7-5-6-8-14(12)23-11-13(9-16(23)24)17(25)20-18-22-21-15(26-18)10-19(2,3)4/h5-8,13H,9-11H2,1-4H3,(H,20,22,25). The van der Waals surface area contributed by atoms with Crippen molar-refractivity contribution < 1.29 is 9.59 Å². The second-order valence-corrected chi connectivity index (χ2v) is 8.98. The zero-order valence-electron chi connectivity index (χ0n) is 15.6. The molecule has 0 bridgehead atoms. The lowest BCUT2D eigenvalue weighted by Crippen LogP contribution is -2.28. The van der Waals surface area contributed by atoms with Crippen LogP contribution in [0.15, 0.2) is 24.3 Å². The molecule has 6 nitrogen and oxygen atoms in total. The Labute approximate surface area is 157 Å². The molecule has 3 rings (SSSR count). The number of hydrogen-bond acceptors (Lipinski definition) is 5. The van der Waals surface area contributed by atoms with E-state index in [0.29, 0.717) is 11.7 Å². The first-order chi connectivity index (χ1) is 12.2. The van der Waals surface area contributed by atoms with Gasteiger partial charge in [-0.3, -0.25) is 9.59 Å². The van der Waals surface area contributed by atoms with Gasteiger partial charge < -0.3 is 10.2 Å². The second kappa shape index (κ2) is 7.15. The topological polar surface area (TPSA) is 75.2 Å². The van der Waals surface area contributed by atoms with Gasteiger partial charge in [0, 0.05) is 25.1 Å². The molecule has 1 aliphatic rings. The van der Waals surface area contributed by atoms with Crippen molar-refractivity contribution in [3.05, 3.63) is 34.8 Å². The molecular formula is C19H24N4O2S. The first-order valence-electron chi connectivity index (χ1n) is 8.72. The number of carbonyl (C=O) groups excluding carboxylic acids is 2. The number of amides is 2. The smallest absolute Gasteiger partial charge is 0.231 e. The maximum absolute atomic E-state index is 12.6. The normalized spacial score (nSPS) is 17.6. The quantitative estimate of drug-likeness (QED) is 0.892. The van der Waals surface area contributed by atoms with Gasteiger partial charge in [-0.15, -0.1) is 10.2 Å². The number of hydrogen-bond donors (Lipinski definition) is 1. The Bertz CT molecular complexity index is 825. The van der Waals surface area contributed by atoms with Crippen LogP contribution < -0.4 is 10.2 Å². The Morgan fingerprint density at radius 2 is 2.04 bits per heavy atom. The molecule has 0 saturated carbocycles. The van der Waals surface area contributed by atoms with E-state index in [9.17, 15) is 9.59 Å². The zero-order chi connectivity index (χ0) is 18.9. The van der Waals surface area contributed by atoms with Crippen LogP contribution in [0.2, 0.25) is 0 Å². The van der Waals surface area contributed by atoms with Crippen molar-refractivity contribution in [1.29, 1.82) is 0 Å². The monoisotopic (exact) mass is 372 g/mol. The summed E-state index contributed by atoms with van der Waals surface area (Å²) in [7, 11) is 0. The summed E-state index contributed by atoms with van der Waals surface area (Å²) in [6.45, 7) is 8.77. The number of nitrogens with one attached hydrogen (secondary N) is 1. The summed E-state index contributed by atoms with van der Waals surface area (Å²) in [5.74, 6) is -0.574. The van der Waals surface area contributed by atoms with Crippen LogP contribution in [-0.4, -0.2) is 28.6 Å². The van der Waals surface area contributed by atoms with E-state index < -0.39 is 0 Å². The van der Waals surface area contributed by atoms with Gasteiger partial charge >= 0.3 is 0 Å². The number of nitrogens with zero attached hydrogens (tertiary/aromatic N) is 3. The molecule has 7 heteroatoms. The van der Waals surface area contributed by atoms with E-state index in [1.165, 1.54) is 11.3 Å². The molecule has 0 aliphatic carbocycles. The van der Waals surface area contributed by atoms with Gasteiger partial charge in [0.1, 0.15) is 5.01 Å². The van der Waals surface area contributed by atoms with Crippen LogP contribution in [-0.2, 0) is 16.0 Å². The Hall–Kier alpha value is -2.28. The predicted octanol–water partition coefficient (Wildman–Crippen LogP) is 3.43. The van der Waals surface area contributed by atoms with Crippen molar-refractivity contribution in [2.75, 3.05) is 16.8 Å². The van der Waals surface area contributed by atoms with E-state index in [4.69, 9.17) is 0 Å². The molecule has 0 spiro atoms. The Kier molecular flexibility index (Phi) is 5.09. The third kappa shape index (κ3) is 4.27. The van der Waals surface area contributed by atoms with Crippen LogP contribution in [0, 0.1) is 18.3 Å². The number of aryl methyl sites for hydroxylation is 1. The van der Waals surface area contributed by atoms with Crippen LogP contribution in [0.1, 0.15) is 37.8 Å². The molecule has 2 amide bonds. The highest BCUT2D eigenvalue weighted by molar-refractivity contribution is 7.15. The Morgan fingerprint density at radius 3 is 2.73 bits per heavy atom. The third-order valence-electron chi connectivity index (χ3n) is 4.28. The lowest BCUT2D eigenvalue weighted by atomic mass is 9.93. The van der Waals surface area contributed by atoms with Gasteiger partial charge in [-0.1, -0.05) is 50.3 Å². The molecule has 1 saturated heterocycles. The zero-order valence-corrected chi connectivity index (χ0v) is 16.4. The number of benzene rings is 1. The van der Waals surface area contributed by atoms with Gasteiger partial charge in [-0.2, -0.15) is 0 Å². The van der Waals surface area contributed by atoms with E-state index >= 15 is 0 Å². The minimum absolute atomic E-state index is 0.0230. The molecule has 1 aromatic carbocycles. The van der Waals surface area contributed by atoms with Gasteiger partial charge in [0.25, 0.3) is 0 Å². The average Bonchev–Trinajstić information content (AvgIpc) is 3.13. The number of rotatable bonds is 4. The lowest BCUT2D eigenvalue weighted by Gasteiger charge is -2.18. The van der Waals surface area contributed by atoms with E-state index in [0.717, 1.165) is 22.7 Å². The highest BCUT2D eigenvalue weighted by Crippen LogP contribution is 2.29. The fraction of sp³-hybridized carbons (Fsp3) is 0.474. The number of carbonyl (C=O) groups is 2. The third-order valence-corrected chi connectivity index (χ3v) is 5.12. The fourth-order valence-electron chi connectivity index (χ4n) is 3.02. The highest BCUT2D eigenvalue weighted by Gasteiger charge is 2.36. The van der Waals surface area contributed by atoms with E-state index in [1.54, 1.807) is 4.90 Å². The van der Waals surface area contributed by atoms with Crippen LogP contribution in [0.5, 0.6) is 0 Å². The van der Waals surface area contributed by atoms with Crippen molar-refractivity contribution in [3.63, 3.8) is 0 Å². The largest absolute Gasteiger partial charge is 0.311 e. The second-order valence-electron chi connectivity index (χ2n) is 7.92. The molecule has 1 unspecified atom stereocenters. The number of aromatic nitrogens is 2. The molecule has 2 aromatic rings. The SMILES string of the molecule is Cc1ccccc1N1CC(C(=O)Nc2nnc(CC(C)(C)C)s2)CC1=O. The maximum atomic E-state index is 12.6. The summed E-state index contributed by atoms with van der Waals surface area (Å²) in [4.78, 5) is 26.6. The number of para-hydroxylation sites is 1. The average molecular weight is 372 g/mol. The van der Waals surface area contributed by atoms with Crippen LogP contribution in [0.25, 0.3) is 0 Å². The minimum Gasteiger partial charge on any atom is -0.311 e. The van der Waals surface area contributed by atoms with Crippen LogP contribution in [0.3, 0.4) is 0 Å². The van der Waals surface area contributed by atoms with Gasteiger partial charge in [0.05, 0.1) is 5.92 Å². The van der Waals surface area contributed by atoms with Crippen LogP contribution in [0.4, 0.5) is 10.8 Å². The van der Waals surface area contributed by atoms with Gasteiger partial charge in [-0.05, 0) is 24.0 Å². The molecular weight excluding hydrogens is 348 g/mol. The summed E-state index contributed by atoms with van der Waals surface area (Å²) in [6, 6.07) is 7.72. The van der Waals surface area contributed by atoms with Gasteiger partial charge in [0.15, 0.2) is 0 Å². The predicted molar refractivity (Wildman–Crippen MR) is 103 cm³/mol. The van der Waals surface area contributed by atoms with Crippen molar-refractivity contribution in [2.24, 2.45) is 11.3 Å². The van der Waals surface area contributed by atoms with Crippen LogP contribution >= 0.6 is 11.3 Å². The molecule has 1 N–H and O–H groups in total. The molecule has 138 valence electrons. The van der Waals surface area contributed by atoms with E-state index in [-0.39, 0.29) is 29.6 Å². The summed E-state index contributed by atoms with van der Waals surface area (Å²) in [6.07, 6.45) is 1.03. The van der Waals surface area contributed by atoms with Crippen molar-refractivity contribution in [2.45, 2.75) is 40.5 Å². The summed E-state index contributed by atoms with van der Waals surface area (Å²) >= 11 is 1.39. The summed E-state index contributed by atoms with van der Waals surface area (Å²) < 4.78 is 0. The molecule has 1 fully saturated rings. The van der Waals surface area contributed by atoms with Gasteiger partial charge in [0.2, 0.25) is 16.9 Å². The fourth-order valence-corrected chi connectivity index (χ4v) is 4.06. The van der Waals surface area contributed by atoms with Crippen molar-refractivity contribution >= 4 is 34.0 Å². The van der Waals surface area contributed by atoms with E-state index in [1.807, 2.05) is 31.2 Å². The van der Waals surface area contributed by atoms with Gasteiger partial charge in [-0.25, -0.2) is 0 Å². The first-order valence-corrected chi connectivity index (χ1v) is 9.54. The molecule has 1 aliphatic heterocycles. The molecule has 26 heavy (non-hydrogen) atoms. The Balaban J connectivity index is 1.64. The maximum Gasteiger partial charge on any atom is 0.231 e. The van der Waals surface area contributed by atoms with Crippen molar-refractivity contribution in [1.82, 2.24) is 10.2 Å². The lowest BCUT2D eigenvalue weighted by molar-refractivity contribution is -0.122. The van der Waals surface area contributed by atoms with E-state index in [2.05, 4.69) is 36.3 Å². The minimum atomic E-state index is -0.378. The first kappa shape index (κ1) is 18.5. The molecule has 1 aromatic heterocycles. The van der Waals surface area contributed by atoms with Crippen molar-refractivity contribution in [3.8, 4) is 0 Å². The Morgan fingerprint density at radius 1 is 1.31 bits per heavy atom. The highest BCUT2D eigenvalue weighted by atomic mass is 32.1.